The predicted octanol–water partition coefficient (Wildman–Crippen LogP) is 4.94. The minimum atomic E-state index is -1.01. The third-order valence-corrected chi connectivity index (χ3v) is 6.41. The summed E-state index contributed by atoms with van der Waals surface area (Å²) in [6.45, 7) is 3.84. The summed E-state index contributed by atoms with van der Waals surface area (Å²) >= 11 is 4.26. The predicted molar refractivity (Wildman–Crippen MR) is 125 cm³/mol. The lowest BCUT2D eigenvalue weighted by molar-refractivity contribution is -0.148. The molecule has 1 fully saturated rings. The number of carbonyl (C=O) groups excluding carboxylic acids is 3. The number of hydrogen-bond acceptors (Lipinski definition) is 7. The summed E-state index contributed by atoms with van der Waals surface area (Å²) in [6, 6.07) is 10.5. The average molecular weight is 520 g/mol. The number of amides is 2. The lowest BCUT2D eigenvalue weighted by atomic mass is 10.1. The Kier molecular flexibility index (Phi) is 7.63. The van der Waals surface area contributed by atoms with E-state index in [-0.39, 0.29) is 4.91 Å². The molecule has 0 aromatic heterocycles. The molecule has 0 aliphatic carbocycles. The summed E-state index contributed by atoms with van der Waals surface area (Å²) in [7, 11) is 2.73. The molecule has 0 spiro atoms. The number of imide groups is 1. The van der Waals surface area contributed by atoms with Gasteiger partial charge in [0.05, 0.1) is 19.1 Å². The second-order valence-electron chi connectivity index (χ2n) is 7.05. The molecule has 0 saturated carbocycles. The number of halogens is 1. The van der Waals surface area contributed by atoms with Crippen LogP contribution >= 0.6 is 27.7 Å². The number of nitrogens with zero attached hydrogens (tertiary/aromatic N) is 1. The maximum absolute atomic E-state index is 12.7. The first-order chi connectivity index (χ1) is 15.2. The summed E-state index contributed by atoms with van der Waals surface area (Å²) in [5.74, 6) is -0.201. The molecule has 0 unspecified atom stereocenters. The molecule has 0 N–H and O–H groups in total. The average Bonchev–Trinajstić information content (AvgIpc) is 3.06. The van der Waals surface area contributed by atoms with Gasteiger partial charge < -0.3 is 14.2 Å². The van der Waals surface area contributed by atoms with E-state index in [4.69, 9.17) is 9.47 Å². The molecular formula is C23H22BrNO6S. The van der Waals surface area contributed by atoms with Gasteiger partial charge in [-0.1, -0.05) is 45.8 Å². The molecule has 1 heterocycles. The number of esters is 1. The van der Waals surface area contributed by atoms with E-state index < -0.39 is 23.2 Å². The topological polar surface area (TPSA) is 82.1 Å². The molecule has 7 nitrogen and oxygen atoms in total. The third kappa shape index (κ3) is 5.16. The van der Waals surface area contributed by atoms with Crippen LogP contribution in [0.4, 0.5) is 4.79 Å². The van der Waals surface area contributed by atoms with Crippen molar-refractivity contribution in [3.05, 3.63) is 62.5 Å². The van der Waals surface area contributed by atoms with Crippen LogP contribution in [-0.4, -0.2) is 42.3 Å². The largest absolute Gasteiger partial charge is 0.493 e. The molecule has 1 saturated heterocycles. The van der Waals surface area contributed by atoms with Crippen LogP contribution in [0.15, 0.2) is 45.8 Å². The highest BCUT2D eigenvalue weighted by atomic mass is 79.9. The van der Waals surface area contributed by atoms with Crippen molar-refractivity contribution in [2.75, 3.05) is 14.2 Å². The Bertz CT molecular complexity index is 1080. The van der Waals surface area contributed by atoms with Crippen molar-refractivity contribution in [2.45, 2.75) is 26.5 Å². The van der Waals surface area contributed by atoms with Gasteiger partial charge in [-0.2, -0.15) is 0 Å². The monoisotopic (exact) mass is 519 g/mol. The van der Waals surface area contributed by atoms with Gasteiger partial charge >= 0.3 is 5.97 Å². The van der Waals surface area contributed by atoms with E-state index in [0.717, 1.165) is 22.2 Å². The van der Waals surface area contributed by atoms with Gasteiger partial charge in [-0.15, -0.1) is 0 Å². The van der Waals surface area contributed by atoms with Crippen molar-refractivity contribution >= 4 is 50.9 Å². The quantitative estimate of drug-likeness (QED) is 0.378. The zero-order valence-corrected chi connectivity index (χ0v) is 20.4. The van der Waals surface area contributed by atoms with Crippen LogP contribution in [0.3, 0.4) is 0 Å². The lowest BCUT2D eigenvalue weighted by Gasteiger charge is -2.18. The minimum absolute atomic E-state index is 0.196. The number of carbonyl (C=O) groups is 3. The van der Waals surface area contributed by atoms with Gasteiger partial charge in [0.15, 0.2) is 11.5 Å². The summed E-state index contributed by atoms with van der Waals surface area (Å²) < 4.78 is 16.7. The van der Waals surface area contributed by atoms with E-state index in [1.54, 1.807) is 18.2 Å². The molecule has 32 heavy (non-hydrogen) atoms. The Hall–Kier alpha value is -2.78. The smallest absolute Gasteiger partial charge is 0.328 e. The molecule has 9 heteroatoms. The molecule has 1 atom stereocenters. The Balaban J connectivity index is 1.83. The van der Waals surface area contributed by atoms with E-state index in [9.17, 15) is 14.4 Å². The van der Waals surface area contributed by atoms with E-state index in [2.05, 4.69) is 20.7 Å². The van der Waals surface area contributed by atoms with Crippen LogP contribution in [0.1, 0.15) is 23.6 Å². The van der Waals surface area contributed by atoms with Crippen LogP contribution in [0.25, 0.3) is 6.08 Å². The van der Waals surface area contributed by atoms with Gasteiger partial charge in [0.25, 0.3) is 11.1 Å². The minimum Gasteiger partial charge on any atom is -0.493 e. The molecule has 1 aliphatic heterocycles. The lowest BCUT2D eigenvalue weighted by Crippen LogP contribution is -2.42. The number of aryl methyl sites for hydroxylation is 1. The third-order valence-electron chi connectivity index (χ3n) is 4.84. The van der Waals surface area contributed by atoms with E-state index >= 15 is 0 Å². The molecule has 1 aliphatic rings. The zero-order valence-electron chi connectivity index (χ0n) is 18.0. The maximum atomic E-state index is 12.7. The van der Waals surface area contributed by atoms with Crippen LogP contribution < -0.4 is 9.47 Å². The molecule has 0 radical (unpaired) electrons. The Morgan fingerprint density at radius 3 is 2.47 bits per heavy atom. The molecule has 2 aromatic rings. The molecular weight excluding hydrogens is 498 g/mol. The molecule has 168 valence electrons. The number of ether oxygens (including phenoxy) is 3. The van der Waals surface area contributed by atoms with Gasteiger partial charge in [0.1, 0.15) is 12.6 Å². The Morgan fingerprint density at radius 1 is 1.16 bits per heavy atom. The Morgan fingerprint density at radius 2 is 1.84 bits per heavy atom. The number of methoxy groups -OCH3 is 2. The van der Waals surface area contributed by atoms with Crippen LogP contribution in [0.2, 0.25) is 0 Å². The summed E-state index contributed by atoms with van der Waals surface area (Å²) in [5, 5.41) is -0.528. The molecule has 2 aromatic carbocycles. The van der Waals surface area contributed by atoms with Gasteiger partial charge in [0, 0.05) is 4.47 Å². The summed E-state index contributed by atoms with van der Waals surface area (Å²) in [6.07, 6.45) is 1.57. The van der Waals surface area contributed by atoms with Crippen molar-refractivity contribution in [3.63, 3.8) is 0 Å². The van der Waals surface area contributed by atoms with E-state index in [1.165, 1.54) is 26.7 Å². The number of hydrogen-bond donors (Lipinski definition) is 0. The number of rotatable bonds is 7. The van der Waals surface area contributed by atoms with Gasteiger partial charge in [-0.3, -0.25) is 14.5 Å². The van der Waals surface area contributed by atoms with E-state index in [1.807, 2.05) is 31.2 Å². The molecule has 0 bridgehead atoms. The molecule has 3 rings (SSSR count). The fourth-order valence-electron chi connectivity index (χ4n) is 3.01. The van der Waals surface area contributed by atoms with Gasteiger partial charge in [-0.25, -0.2) is 4.79 Å². The van der Waals surface area contributed by atoms with Crippen LogP contribution in [-0.2, 0) is 20.9 Å². The van der Waals surface area contributed by atoms with Gasteiger partial charge in [0.2, 0.25) is 0 Å². The normalized spacial score (nSPS) is 15.8. The highest BCUT2D eigenvalue weighted by Gasteiger charge is 2.41. The van der Waals surface area contributed by atoms with Crippen molar-refractivity contribution in [1.82, 2.24) is 4.90 Å². The first-order valence-electron chi connectivity index (χ1n) is 9.66. The molecule has 2 amide bonds. The number of benzene rings is 2. The summed E-state index contributed by atoms with van der Waals surface area (Å²) in [4.78, 5) is 37.9. The maximum Gasteiger partial charge on any atom is 0.328 e. The van der Waals surface area contributed by atoms with Gasteiger partial charge in [-0.05, 0) is 54.9 Å². The fraction of sp³-hybridized carbons (Fsp3) is 0.261. The zero-order chi connectivity index (χ0) is 23.4. The van der Waals surface area contributed by atoms with Crippen molar-refractivity contribution in [3.8, 4) is 11.5 Å². The SMILES string of the molecule is COC(=O)[C@H](C)N1C(=O)S/C(=C/c2cc(OC)c(OCc3ccc(C)cc3)cc2Br)C1=O. The first kappa shape index (κ1) is 23.9. The van der Waals surface area contributed by atoms with Crippen molar-refractivity contribution in [2.24, 2.45) is 0 Å². The summed E-state index contributed by atoms with van der Waals surface area (Å²) in [5.41, 5.74) is 2.82. The van der Waals surface area contributed by atoms with Crippen molar-refractivity contribution in [1.29, 1.82) is 0 Å². The number of thioether (sulfide) groups is 1. The van der Waals surface area contributed by atoms with Crippen LogP contribution in [0, 0.1) is 6.92 Å². The first-order valence-corrected chi connectivity index (χ1v) is 11.3. The highest BCUT2D eigenvalue weighted by molar-refractivity contribution is 9.10. The van der Waals surface area contributed by atoms with Crippen LogP contribution in [0.5, 0.6) is 11.5 Å². The Labute approximate surface area is 198 Å². The fourth-order valence-corrected chi connectivity index (χ4v) is 4.35. The van der Waals surface area contributed by atoms with E-state index in [0.29, 0.717) is 28.1 Å². The van der Waals surface area contributed by atoms with Crippen molar-refractivity contribution < 1.29 is 28.6 Å². The standard InChI is InChI=1S/C23H22BrNO6S/c1-13-5-7-15(8-6-13)12-31-19-11-17(24)16(9-18(19)29-3)10-20-21(26)25(23(28)32-20)14(2)22(27)30-4/h5-11,14H,12H2,1-4H3/b20-10+/t14-/m0/s1. The highest BCUT2D eigenvalue weighted by Crippen LogP contribution is 2.38. The second kappa shape index (κ2) is 10.2. The second-order valence-corrected chi connectivity index (χ2v) is 8.90.